The molecule has 0 spiro atoms. The van der Waals surface area contributed by atoms with Crippen LogP contribution in [-0.4, -0.2) is 70.0 Å². The van der Waals surface area contributed by atoms with Crippen molar-refractivity contribution < 1.29 is 14.3 Å². The van der Waals surface area contributed by atoms with Gasteiger partial charge in [0.05, 0.1) is 18.4 Å². The van der Waals surface area contributed by atoms with Crippen LogP contribution < -0.4 is 0 Å². The van der Waals surface area contributed by atoms with E-state index >= 15 is 0 Å². The highest BCUT2D eigenvalue weighted by atomic mass is 16.5. The SMILES string of the molecule is CC(C)CN(CCC(=O)N1CC(C)OC(C)C1)C(=O)c1cnccn1. The second-order valence-electron chi connectivity index (χ2n) is 7.04. The lowest BCUT2D eigenvalue weighted by molar-refractivity contribution is -0.143. The molecular weight excluding hydrogens is 320 g/mol. The molecule has 2 unspecified atom stereocenters. The lowest BCUT2D eigenvalue weighted by Crippen LogP contribution is -2.49. The molecule has 7 nitrogen and oxygen atoms in total. The Hall–Kier alpha value is -2.02. The standard InChI is InChI=1S/C18H28N4O3/c1-13(2)10-21(18(24)16-9-19-6-7-20-16)8-5-17(23)22-11-14(3)25-15(4)12-22/h6-7,9,13-15H,5,8,10-12H2,1-4H3. The molecule has 138 valence electrons. The van der Waals surface area contributed by atoms with Crippen molar-refractivity contribution in [1.82, 2.24) is 19.8 Å². The Morgan fingerprint density at radius 3 is 2.52 bits per heavy atom. The van der Waals surface area contributed by atoms with Crippen molar-refractivity contribution in [2.75, 3.05) is 26.2 Å². The summed E-state index contributed by atoms with van der Waals surface area (Å²) in [5, 5.41) is 0. The zero-order valence-electron chi connectivity index (χ0n) is 15.5. The maximum Gasteiger partial charge on any atom is 0.274 e. The zero-order valence-corrected chi connectivity index (χ0v) is 15.5. The number of hydrogen-bond donors (Lipinski definition) is 0. The topological polar surface area (TPSA) is 75.6 Å². The fourth-order valence-electron chi connectivity index (χ4n) is 3.06. The summed E-state index contributed by atoms with van der Waals surface area (Å²) < 4.78 is 5.67. The van der Waals surface area contributed by atoms with Crippen LogP contribution >= 0.6 is 0 Å². The minimum Gasteiger partial charge on any atom is -0.372 e. The maximum absolute atomic E-state index is 12.7. The summed E-state index contributed by atoms with van der Waals surface area (Å²) in [6, 6.07) is 0. The number of hydrogen-bond acceptors (Lipinski definition) is 5. The van der Waals surface area contributed by atoms with Gasteiger partial charge in [0, 0.05) is 45.0 Å². The first-order valence-corrected chi connectivity index (χ1v) is 8.85. The van der Waals surface area contributed by atoms with Gasteiger partial charge in [0.1, 0.15) is 5.69 Å². The summed E-state index contributed by atoms with van der Waals surface area (Å²) in [4.78, 5) is 36.8. The minimum absolute atomic E-state index is 0.0423. The molecule has 25 heavy (non-hydrogen) atoms. The second kappa shape index (κ2) is 8.89. The highest BCUT2D eigenvalue weighted by Gasteiger charge is 2.27. The van der Waals surface area contributed by atoms with Crippen molar-refractivity contribution in [2.24, 2.45) is 5.92 Å². The van der Waals surface area contributed by atoms with Crippen molar-refractivity contribution in [3.05, 3.63) is 24.3 Å². The number of carbonyl (C=O) groups is 2. The van der Waals surface area contributed by atoms with E-state index in [-0.39, 0.29) is 24.0 Å². The number of morpholine rings is 1. The molecule has 2 amide bonds. The molecule has 1 fully saturated rings. The molecule has 7 heteroatoms. The number of rotatable bonds is 6. The van der Waals surface area contributed by atoms with Crippen LogP contribution in [0.3, 0.4) is 0 Å². The quantitative estimate of drug-likeness (QED) is 0.780. The first-order valence-electron chi connectivity index (χ1n) is 8.85. The van der Waals surface area contributed by atoms with Gasteiger partial charge in [0.25, 0.3) is 5.91 Å². The maximum atomic E-state index is 12.7. The van der Waals surface area contributed by atoms with Crippen molar-refractivity contribution in [2.45, 2.75) is 46.3 Å². The van der Waals surface area contributed by atoms with Crippen LogP contribution in [0.1, 0.15) is 44.6 Å². The van der Waals surface area contributed by atoms with Crippen LogP contribution in [0.25, 0.3) is 0 Å². The number of nitrogens with zero attached hydrogens (tertiary/aromatic N) is 4. The average molecular weight is 348 g/mol. The molecule has 0 N–H and O–H groups in total. The lowest BCUT2D eigenvalue weighted by atomic mass is 10.1. The van der Waals surface area contributed by atoms with Gasteiger partial charge >= 0.3 is 0 Å². The normalized spacial score (nSPS) is 20.6. The smallest absolute Gasteiger partial charge is 0.274 e. The Bertz CT molecular complexity index is 569. The summed E-state index contributed by atoms with van der Waals surface area (Å²) in [5.41, 5.74) is 0.309. The molecule has 2 heterocycles. The molecule has 1 aromatic heterocycles. The van der Waals surface area contributed by atoms with E-state index in [2.05, 4.69) is 9.97 Å². The van der Waals surface area contributed by atoms with E-state index in [1.165, 1.54) is 18.6 Å². The number of amides is 2. The monoisotopic (exact) mass is 348 g/mol. The van der Waals surface area contributed by atoms with E-state index in [9.17, 15) is 9.59 Å². The summed E-state index contributed by atoms with van der Waals surface area (Å²) >= 11 is 0. The molecule has 1 aromatic rings. The summed E-state index contributed by atoms with van der Waals surface area (Å²) in [6.07, 6.45) is 4.89. The Morgan fingerprint density at radius 1 is 1.28 bits per heavy atom. The van der Waals surface area contributed by atoms with Crippen molar-refractivity contribution in [3.63, 3.8) is 0 Å². The first kappa shape index (κ1) is 19.3. The van der Waals surface area contributed by atoms with Gasteiger partial charge in [-0.15, -0.1) is 0 Å². The van der Waals surface area contributed by atoms with Crippen LogP contribution in [0.15, 0.2) is 18.6 Å². The molecule has 1 aliphatic heterocycles. The van der Waals surface area contributed by atoms with Gasteiger partial charge in [-0.05, 0) is 19.8 Å². The van der Waals surface area contributed by atoms with Crippen LogP contribution in [0, 0.1) is 5.92 Å². The highest BCUT2D eigenvalue weighted by molar-refractivity contribution is 5.92. The van der Waals surface area contributed by atoms with Gasteiger partial charge < -0.3 is 14.5 Å². The summed E-state index contributed by atoms with van der Waals surface area (Å²) in [7, 11) is 0. The Morgan fingerprint density at radius 2 is 1.96 bits per heavy atom. The third-order valence-corrected chi connectivity index (χ3v) is 4.02. The minimum atomic E-state index is -0.182. The highest BCUT2D eigenvalue weighted by Crippen LogP contribution is 2.13. The van der Waals surface area contributed by atoms with Gasteiger partial charge in [-0.1, -0.05) is 13.8 Å². The number of carbonyl (C=O) groups excluding carboxylic acids is 2. The molecule has 0 aliphatic carbocycles. The second-order valence-corrected chi connectivity index (χ2v) is 7.04. The third kappa shape index (κ3) is 5.77. The number of aromatic nitrogens is 2. The Kier molecular flexibility index (Phi) is 6.87. The van der Waals surface area contributed by atoms with E-state index in [1.807, 2.05) is 32.6 Å². The van der Waals surface area contributed by atoms with Gasteiger partial charge in [0.2, 0.25) is 5.91 Å². The fraction of sp³-hybridized carbons (Fsp3) is 0.667. The van der Waals surface area contributed by atoms with Crippen LogP contribution in [-0.2, 0) is 9.53 Å². The van der Waals surface area contributed by atoms with E-state index < -0.39 is 0 Å². The van der Waals surface area contributed by atoms with Gasteiger partial charge in [-0.3, -0.25) is 14.6 Å². The first-order chi connectivity index (χ1) is 11.9. The van der Waals surface area contributed by atoms with E-state index in [4.69, 9.17) is 4.74 Å². The number of ether oxygens (including phenoxy) is 1. The molecule has 1 saturated heterocycles. The molecule has 0 aromatic carbocycles. The predicted octanol–water partition coefficient (Wildman–Crippen LogP) is 1.60. The molecule has 0 saturated carbocycles. The molecular formula is C18H28N4O3. The molecule has 2 rings (SSSR count). The van der Waals surface area contributed by atoms with Crippen molar-refractivity contribution in [1.29, 1.82) is 0 Å². The summed E-state index contributed by atoms with van der Waals surface area (Å²) in [6.45, 7) is 10.2. The van der Waals surface area contributed by atoms with Gasteiger partial charge in [-0.25, -0.2) is 4.98 Å². The van der Waals surface area contributed by atoms with E-state index in [0.717, 1.165) is 0 Å². The molecule has 2 atom stereocenters. The molecule has 0 bridgehead atoms. The van der Waals surface area contributed by atoms with Crippen LogP contribution in [0.2, 0.25) is 0 Å². The average Bonchev–Trinajstić information content (AvgIpc) is 2.57. The Balaban J connectivity index is 1.97. The van der Waals surface area contributed by atoms with E-state index in [1.54, 1.807) is 4.90 Å². The fourth-order valence-corrected chi connectivity index (χ4v) is 3.06. The molecule has 1 aliphatic rings. The van der Waals surface area contributed by atoms with Gasteiger partial charge in [-0.2, -0.15) is 0 Å². The Labute approximate surface area is 149 Å². The van der Waals surface area contributed by atoms with Crippen molar-refractivity contribution >= 4 is 11.8 Å². The van der Waals surface area contributed by atoms with Crippen LogP contribution in [0.5, 0.6) is 0 Å². The van der Waals surface area contributed by atoms with E-state index in [0.29, 0.717) is 44.2 Å². The zero-order chi connectivity index (χ0) is 18.4. The lowest BCUT2D eigenvalue weighted by Gasteiger charge is -2.35. The summed E-state index contributed by atoms with van der Waals surface area (Å²) in [5.74, 6) is 0.181. The third-order valence-electron chi connectivity index (χ3n) is 4.02. The van der Waals surface area contributed by atoms with Crippen LogP contribution in [0.4, 0.5) is 0 Å². The largest absolute Gasteiger partial charge is 0.372 e. The molecule has 0 radical (unpaired) electrons. The predicted molar refractivity (Wildman–Crippen MR) is 94.0 cm³/mol. The van der Waals surface area contributed by atoms with Gasteiger partial charge in [0.15, 0.2) is 0 Å². The van der Waals surface area contributed by atoms with Crippen molar-refractivity contribution in [3.8, 4) is 0 Å².